The molecule has 0 spiro atoms. The maximum atomic E-state index is 9.87. The molecule has 0 atom stereocenters. The SMILES string of the molecule is CC(C)(CCCN=C=O)CN=C=O.O=C=NCCCCCCN=C=O.O=C=NCCCCCN=C=O. The third-order valence-corrected chi connectivity index (χ3v) is 4.35. The van der Waals surface area contributed by atoms with Gasteiger partial charge >= 0.3 is 0 Å². The fourth-order valence-corrected chi connectivity index (χ4v) is 2.48. The van der Waals surface area contributed by atoms with Crippen LogP contribution in [0, 0.1) is 5.41 Å². The molecule has 0 aliphatic rings. The van der Waals surface area contributed by atoms with Crippen LogP contribution in [0.2, 0.25) is 0 Å². The van der Waals surface area contributed by atoms with Crippen molar-refractivity contribution in [2.45, 2.75) is 71.6 Å². The van der Waals surface area contributed by atoms with Crippen LogP contribution < -0.4 is 0 Å². The monoisotopic (exact) mass is 504 g/mol. The molecule has 12 nitrogen and oxygen atoms in total. The summed E-state index contributed by atoms with van der Waals surface area (Å²) in [6.45, 7) is 7.15. The van der Waals surface area contributed by atoms with Gasteiger partial charge in [0.1, 0.15) is 0 Å². The molecule has 0 rings (SSSR count). The van der Waals surface area contributed by atoms with Crippen LogP contribution in [-0.2, 0) is 28.8 Å². The van der Waals surface area contributed by atoms with E-state index in [0.717, 1.165) is 57.8 Å². The minimum absolute atomic E-state index is 0.0180. The second-order valence-electron chi connectivity index (χ2n) is 8.02. The van der Waals surface area contributed by atoms with Crippen LogP contribution in [0.3, 0.4) is 0 Å². The molecule has 0 bridgehead atoms. The third kappa shape index (κ3) is 40.6. The first-order chi connectivity index (χ1) is 17.4. The molecular weight excluding hydrogens is 468 g/mol. The summed E-state index contributed by atoms with van der Waals surface area (Å²) in [5.74, 6) is 0. The van der Waals surface area contributed by atoms with Crippen LogP contribution >= 0.6 is 0 Å². The number of unbranched alkanes of at least 4 members (excludes halogenated alkanes) is 5. The number of isocyanates is 6. The molecule has 0 heterocycles. The molecule has 0 amide bonds. The van der Waals surface area contributed by atoms with Gasteiger partial charge in [-0.05, 0) is 50.4 Å². The number of nitrogens with zero attached hydrogens (tertiary/aromatic N) is 6. The molecule has 0 fully saturated rings. The zero-order valence-corrected chi connectivity index (χ0v) is 21.2. The van der Waals surface area contributed by atoms with Crippen molar-refractivity contribution in [3.05, 3.63) is 0 Å². The zero-order chi connectivity index (χ0) is 27.6. The van der Waals surface area contributed by atoms with E-state index in [1.54, 1.807) is 0 Å². The zero-order valence-electron chi connectivity index (χ0n) is 21.2. The average molecular weight is 505 g/mol. The van der Waals surface area contributed by atoms with Gasteiger partial charge in [-0.15, -0.1) is 0 Å². The molecule has 0 saturated carbocycles. The molecule has 36 heavy (non-hydrogen) atoms. The van der Waals surface area contributed by atoms with Crippen molar-refractivity contribution in [1.82, 2.24) is 0 Å². The predicted octanol–water partition coefficient (Wildman–Crippen LogP) is 3.51. The van der Waals surface area contributed by atoms with Crippen molar-refractivity contribution < 1.29 is 28.8 Å². The number of carbonyl (C=O) groups excluding carboxylic acids is 6. The van der Waals surface area contributed by atoms with E-state index in [4.69, 9.17) is 0 Å². The first kappa shape index (κ1) is 36.8. The van der Waals surface area contributed by atoms with E-state index in [0.29, 0.717) is 39.3 Å². The molecule has 0 saturated heterocycles. The Kier molecular flexibility index (Phi) is 34.2. The van der Waals surface area contributed by atoms with Crippen molar-refractivity contribution in [3.8, 4) is 0 Å². The van der Waals surface area contributed by atoms with Crippen LogP contribution in [0.4, 0.5) is 0 Å². The highest BCUT2D eigenvalue weighted by atomic mass is 16.1. The van der Waals surface area contributed by atoms with E-state index in [1.165, 1.54) is 36.5 Å². The van der Waals surface area contributed by atoms with Gasteiger partial charge in [0.25, 0.3) is 0 Å². The van der Waals surface area contributed by atoms with Gasteiger partial charge < -0.3 is 0 Å². The van der Waals surface area contributed by atoms with E-state index >= 15 is 0 Å². The topological polar surface area (TPSA) is 177 Å². The molecule has 198 valence electrons. The minimum atomic E-state index is -0.0180. The summed E-state index contributed by atoms with van der Waals surface area (Å²) in [7, 11) is 0. The average Bonchev–Trinajstić information content (AvgIpc) is 2.87. The molecular formula is C24H36N6O6. The summed E-state index contributed by atoms with van der Waals surface area (Å²) >= 11 is 0. The Labute approximate surface area is 211 Å². The molecule has 0 aromatic rings. The summed E-state index contributed by atoms with van der Waals surface area (Å²) in [4.78, 5) is 78.6. The fourth-order valence-electron chi connectivity index (χ4n) is 2.48. The second-order valence-corrected chi connectivity index (χ2v) is 8.02. The lowest BCUT2D eigenvalue weighted by molar-refractivity contribution is 0.340. The van der Waals surface area contributed by atoms with Gasteiger partial charge in [-0.3, -0.25) is 0 Å². The Morgan fingerprint density at radius 3 is 1.00 bits per heavy atom. The van der Waals surface area contributed by atoms with Gasteiger partial charge in [0, 0.05) is 0 Å². The van der Waals surface area contributed by atoms with E-state index in [2.05, 4.69) is 30.0 Å². The predicted molar refractivity (Wildman–Crippen MR) is 133 cm³/mol. The largest absolute Gasteiger partial charge is 0.234 e. The number of aliphatic imine (C=N–C) groups is 6. The first-order valence-corrected chi connectivity index (χ1v) is 11.7. The molecule has 0 radical (unpaired) electrons. The van der Waals surface area contributed by atoms with Crippen molar-refractivity contribution in [2.24, 2.45) is 35.4 Å². The van der Waals surface area contributed by atoms with Crippen molar-refractivity contribution in [2.75, 3.05) is 39.3 Å². The van der Waals surface area contributed by atoms with Crippen LogP contribution in [0.1, 0.15) is 71.6 Å². The Morgan fingerprint density at radius 1 is 0.417 bits per heavy atom. The summed E-state index contributed by atoms with van der Waals surface area (Å²) in [6.07, 6.45) is 17.0. The molecule has 0 aromatic heterocycles. The minimum Gasteiger partial charge on any atom is -0.211 e. The molecule has 0 aliphatic heterocycles. The van der Waals surface area contributed by atoms with Crippen LogP contribution in [0.5, 0.6) is 0 Å². The molecule has 0 aliphatic carbocycles. The smallest absolute Gasteiger partial charge is 0.211 e. The van der Waals surface area contributed by atoms with Gasteiger partial charge in [-0.25, -0.2) is 58.7 Å². The molecule has 12 heteroatoms. The van der Waals surface area contributed by atoms with Gasteiger partial charge in [-0.1, -0.05) is 26.7 Å². The summed E-state index contributed by atoms with van der Waals surface area (Å²) in [5, 5.41) is 0. The van der Waals surface area contributed by atoms with Gasteiger partial charge in [-0.2, -0.15) is 0 Å². The summed E-state index contributed by atoms with van der Waals surface area (Å²) in [6, 6.07) is 0. The summed E-state index contributed by atoms with van der Waals surface area (Å²) < 4.78 is 0. The lowest BCUT2D eigenvalue weighted by Gasteiger charge is -2.20. The Morgan fingerprint density at radius 2 is 0.694 bits per heavy atom. The van der Waals surface area contributed by atoms with Gasteiger partial charge in [0.15, 0.2) is 0 Å². The van der Waals surface area contributed by atoms with Gasteiger partial charge in [0.05, 0.1) is 39.3 Å². The van der Waals surface area contributed by atoms with Gasteiger partial charge in [0.2, 0.25) is 36.5 Å². The maximum Gasteiger partial charge on any atom is 0.234 e. The highest BCUT2D eigenvalue weighted by Crippen LogP contribution is 2.22. The fraction of sp³-hybridized carbons (Fsp3) is 0.750. The number of hydrogen-bond acceptors (Lipinski definition) is 12. The van der Waals surface area contributed by atoms with E-state index in [-0.39, 0.29) is 5.41 Å². The van der Waals surface area contributed by atoms with Crippen molar-refractivity contribution >= 4 is 36.5 Å². The standard InChI is InChI=1S/C9H14N2O2.C8H12N2O2.C7H10N2O2/c1-9(2,6-11-8-13)4-3-5-10-7-12;11-7-9-5-3-1-2-4-6-10-8-12;10-6-8-4-2-1-3-5-9-7-11/h3-6H2,1-2H3;1-6H2;1-5H2. The quantitative estimate of drug-likeness (QED) is 0.148. The van der Waals surface area contributed by atoms with E-state index in [9.17, 15) is 28.8 Å². The Bertz CT molecular complexity index is 782. The molecule has 0 aromatic carbocycles. The normalized spacial score (nSPS) is 8.83. The maximum absolute atomic E-state index is 9.87. The van der Waals surface area contributed by atoms with Crippen LogP contribution in [0.25, 0.3) is 0 Å². The molecule has 0 N–H and O–H groups in total. The van der Waals surface area contributed by atoms with E-state index in [1.807, 2.05) is 13.8 Å². The van der Waals surface area contributed by atoms with Crippen molar-refractivity contribution in [1.29, 1.82) is 0 Å². The lowest BCUT2D eigenvalue weighted by atomic mass is 9.88. The third-order valence-electron chi connectivity index (χ3n) is 4.35. The van der Waals surface area contributed by atoms with E-state index < -0.39 is 0 Å². The number of hydrogen-bond donors (Lipinski definition) is 0. The lowest BCUT2D eigenvalue weighted by Crippen LogP contribution is -2.15. The second kappa shape index (κ2) is 33.5. The number of rotatable bonds is 19. The van der Waals surface area contributed by atoms with Crippen LogP contribution in [-0.4, -0.2) is 75.7 Å². The highest BCUT2D eigenvalue weighted by Gasteiger charge is 2.16. The summed E-state index contributed by atoms with van der Waals surface area (Å²) in [5.41, 5.74) is -0.0180. The molecule has 0 unspecified atom stereocenters. The van der Waals surface area contributed by atoms with Crippen molar-refractivity contribution in [3.63, 3.8) is 0 Å². The highest BCUT2D eigenvalue weighted by molar-refractivity contribution is 5.34. The Hall–Kier alpha value is -3.72. The first-order valence-electron chi connectivity index (χ1n) is 11.7. The van der Waals surface area contributed by atoms with Crippen LogP contribution in [0.15, 0.2) is 30.0 Å². The Balaban J connectivity index is -0.000000455.